The van der Waals surface area contributed by atoms with E-state index in [0.29, 0.717) is 6.54 Å². The number of rotatable bonds is 4. The van der Waals surface area contributed by atoms with Crippen molar-refractivity contribution >= 4 is 23.8 Å². The van der Waals surface area contributed by atoms with Crippen LogP contribution < -0.4 is 11.1 Å². The maximum absolute atomic E-state index is 10.9. The highest BCUT2D eigenvalue weighted by atomic mass is 32.2. The Balaban J connectivity index is 3.51. The molecule has 76 valence electrons. The number of aliphatic imine (C=N–C) groups is 1. The molecule has 0 spiro atoms. The number of carbonyl (C=O) groups excluding carboxylic acids is 1. The molecule has 0 aliphatic heterocycles. The zero-order chi connectivity index (χ0) is 10.1. The molecule has 0 unspecified atom stereocenters. The lowest BCUT2D eigenvalue weighted by molar-refractivity contribution is 0.249. The van der Waals surface area contributed by atoms with Gasteiger partial charge in [0.05, 0.1) is 7.11 Å². The van der Waals surface area contributed by atoms with Gasteiger partial charge in [0.25, 0.3) is 6.02 Å². The lowest BCUT2D eigenvalue weighted by Gasteiger charge is -2.00. The molecule has 0 aromatic heterocycles. The number of amides is 2. The average molecular weight is 205 g/mol. The number of nitrogens with two attached hydrogens (primary N) is 1. The third kappa shape index (κ3) is 7.45. The topological polar surface area (TPSA) is 76.7 Å². The smallest absolute Gasteiger partial charge is 0.345 e. The molecule has 0 aliphatic rings. The van der Waals surface area contributed by atoms with Crippen LogP contribution in [0.5, 0.6) is 0 Å². The van der Waals surface area contributed by atoms with Crippen LogP contribution in [0.1, 0.15) is 6.92 Å². The summed E-state index contributed by atoms with van der Waals surface area (Å²) in [6.07, 6.45) is 0. The number of nitrogens with zero attached hydrogens (tertiary/aromatic N) is 1. The molecule has 6 heteroatoms. The Hall–Kier alpha value is -0.910. The molecular weight excluding hydrogens is 190 g/mol. The number of amidine groups is 1. The third-order valence-corrected chi connectivity index (χ3v) is 2.05. The molecular formula is C7H15N3O2S. The minimum Gasteiger partial charge on any atom is -0.468 e. The molecule has 0 radical (unpaired) electrons. The summed E-state index contributed by atoms with van der Waals surface area (Å²) in [6.45, 7) is 2.66. The number of hydrogen-bond acceptors (Lipinski definition) is 3. The van der Waals surface area contributed by atoms with Gasteiger partial charge in [0.2, 0.25) is 0 Å². The van der Waals surface area contributed by atoms with Gasteiger partial charge in [0, 0.05) is 12.3 Å². The SMILES string of the molecule is CCSCCNC(=O)/N=C(/N)OC. The van der Waals surface area contributed by atoms with Gasteiger partial charge in [-0.1, -0.05) is 6.92 Å². The molecule has 0 atom stereocenters. The largest absolute Gasteiger partial charge is 0.468 e. The lowest BCUT2D eigenvalue weighted by Crippen LogP contribution is -2.26. The van der Waals surface area contributed by atoms with Crippen LogP contribution >= 0.6 is 11.8 Å². The van der Waals surface area contributed by atoms with E-state index in [1.807, 2.05) is 0 Å². The summed E-state index contributed by atoms with van der Waals surface area (Å²) in [7, 11) is 1.36. The summed E-state index contributed by atoms with van der Waals surface area (Å²) in [6, 6.07) is -0.586. The van der Waals surface area contributed by atoms with E-state index >= 15 is 0 Å². The first-order chi connectivity index (χ1) is 6.20. The van der Waals surface area contributed by atoms with E-state index in [4.69, 9.17) is 5.73 Å². The van der Waals surface area contributed by atoms with Crippen molar-refractivity contribution in [2.45, 2.75) is 6.92 Å². The van der Waals surface area contributed by atoms with Gasteiger partial charge in [-0.3, -0.25) is 0 Å². The predicted octanol–water partition coefficient (Wildman–Crippen LogP) is 0.410. The number of hydrogen-bond donors (Lipinski definition) is 2. The number of nitrogens with one attached hydrogen (secondary N) is 1. The highest BCUT2D eigenvalue weighted by molar-refractivity contribution is 7.99. The van der Waals surface area contributed by atoms with Gasteiger partial charge in [-0.05, 0) is 5.75 Å². The fourth-order valence-electron chi connectivity index (χ4n) is 0.560. The summed E-state index contributed by atoms with van der Waals surface area (Å²) >= 11 is 1.75. The maximum atomic E-state index is 10.9. The zero-order valence-electron chi connectivity index (χ0n) is 7.87. The number of ether oxygens (including phenoxy) is 1. The van der Waals surface area contributed by atoms with Crippen molar-refractivity contribution < 1.29 is 9.53 Å². The van der Waals surface area contributed by atoms with Crippen LogP contribution in [0, 0.1) is 0 Å². The van der Waals surface area contributed by atoms with Crippen molar-refractivity contribution in [3.63, 3.8) is 0 Å². The minimum atomic E-state index is -0.462. The van der Waals surface area contributed by atoms with Crippen molar-refractivity contribution in [2.24, 2.45) is 10.7 Å². The van der Waals surface area contributed by atoms with E-state index in [1.54, 1.807) is 11.8 Å². The van der Waals surface area contributed by atoms with Crippen LogP contribution in [-0.4, -0.2) is 37.2 Å². The highest BCUT2D eigenvalue weighted by Gasteiger charge is 1.98. The van der Waals surface area contributed by atoms with E-state index in [0.717, 1.165) is 11.5 Å². The van der Waals surface area contributed by atoms with E-state index in [9.17, 15) is 4.79 Å². The quantitative estimate of drug-likeness (QED) is 0.396. The molecule has 0 saturated carbocycles. The van der Waals surface area contributed by atoms with E-state index < -0.39 is 6.03 Å². The van der Waals surface area contributed by atoms with Gasteiger partial charge >= 0.3 is 6.03 Å². The third-order valence-electron chi connectivity index (χ3n) is 1.15. The van der Waals surface area contributed by atoms with Gasteiger partial charge in [0.1, 0.15) is 0 Å². The lowest BCUT2D eigenvalue weighted by atomic mass is 10.7. The first-order valence-corrected chi connectivity index (χ1v) is 5.10. The number of methoxy groups -OCH3 is 1. The van der Waals surface area contributed by atoms with Crippen molar-refractivity contribution in [3.05, 3.63) is 0 Å². The van der Waals surface area contributed by atoms with Crippen molar-refractivity contribution in [3.8, 4) is 0 Å². The molecule has 2 amide bonds. The summed E-state index contributed by atoms with van der Waals surface area (Å²) in [5.74, 6) is 1.92. The van der Waals surface area contributed by atoms with Gasteiger partial charge in [-0.2, -0.15) is 11.8 Å². The van der Waals surface area contributed by atoms with Crippen molar-refractivity contribution in [2.75, 3.05) is 25.2 Å². The van der Waals surface area contributed by atoms with Crippen LogP contribution in [0.15, 0.2) is 4.99 Å². The van der Waals surface area contributed by atoms with Crippen LogP contribution in [0.25, 0.3) is 0 Å². The predicted molar refractivity (Wildman–Crippen MR) is 55.0 cm³/mol. The number of carbonyl (C=O) groups is 1. The second kappa shape index (κ2) is 7.72. The average Bonchev–Trinajstić information content (AvgIpc) is 2.12. The molecule has 0 aliphatic carbocycles. The van der Waals surface area contributed by atoms with E-state index in [1.165, 1.54) is 7.11 Å². The molecule has 0 bridgehead atoms. The molecule has 0 aromatic rings. The maximum Gasteiger partial charge on any atom is 0.345 e. The summed E-state index contributed by atoms with van der Waals surface area (Å²) in [5, 5.41) is 2.58. The van der Waals surface area contributed by atoms with Crippen LogP contribution in [-0.2, 0) is 4.74 Å². The molecule has 0 rings (SSSR count). The van der Waals surface area contributed by atoms with Crippen LogP contribution in [0.2, 0.25) is 0 Å². The van der Waals surface area contributed by atoms with Crippen LogP contribution in [0.3, 0.4) is 0 Å². The molecule has 0 fully saturated rings. The molecule has 5 nitrogen and oxygen atoms in total. The number of urea groups is 1. The fourth-order valence-corrected chi connectivity index (χ4v) is 1.09. The van der Waals surface area contributed by atoms with Crippen molar-refractivity contribution in [1.82, 2.24) is 5.32 Å². The Morgan fingerprint density at radius 3 is 2.92 bits per heavy atom. The molecule has 3 N–H and O–H groups in total. The van der Waals surface area contributed by atoms with E-state index in [2.05, 4.69) is 22.0 Å². The Labute approximate surface area is 82.1 Å². The Morgan fingerprint density at radius 1 is 1.69 bits per heavy atom. The highest BCUT2D eigenvalue weighted by Crippen LogP contribution is 1.94. The molecule has 0 heterocycles. The summed E-state index contributed by atoms with van der Waals surface area (Å²) < 4.78 is 4.51. The monoisotopic (exact) mass is 205 g/mol. The first-order valence-electron chi connectivity index (χ1n) is 3.94. The van der Waals surface area contributed by atoms with Crippen molar-refractivity contribution in [1.29, 1.82) is 0 Å². The van der Waals surface area contributed by atoms with E-state index in [-0.39, 0.29) is 6.02 Å². The Bertz CT molecular complexity index is 185. The normalized spacial score (nSPS) is 11.1. The summed E-state index contributed by atoms with van der Waals surface area (Å²) in [4.78, 5) is 14.3. The second-order valence-electron chi connectivity index (χ2n) is 2.08. The number of thioether (sulfide) groups is 1. The Morgan fingerprint density at radius 2 is 2.38 bits per heavy atom. The Kier molecular flexibility index (Phi) is 7.18. The standard InChI is InChI=1S/C7H15N3O2S/c1-3-13-5-4-9-7(11)10-6(8)12-2/h3-5H2,1-2H3,(H3,8,9,10,11). The fraction of sp³-hybridized carbons (Fsp3) is 0.714. The second-order valence-corrected chi connectivity index (χ2v) is 3.48. The molecule has 13 heavy (non-hydrogen) atoms. The van der Waals surface area contributed by atoms with Gasteiger partial charge in [0.15, 0.2) is 0 Å². The van der Waals surface area contributed by atoms with Crippen LogP contribution in [0.4, 0.5) is 4.79 Å². The zero-order valence-corrected chi connectivity index (χ0v) is 8.69. The summed E-state index contributed by atoms with van der Waals surface area (Å²) in [5.41, 5.74) is 5.17. The first kappa shape index (κ1) is 12.1. The molecule has 0 saturated heterocycles. The van der Waals surface area contributed by atoms with Gasteiger partial charge < -0.3 is 15.8 Å². The minimum absolute atomic E-state index is 0.124. The molecule has 0 aromatic carbocycles. The van der Waals surface area contributed by atoms with Gasteiger partial charge in [-0.15, -0.1) is 4.99 Å². The van der Waals surface area contributed by atoms with Gasteiger partial charge in [-0.25, -0.2) is 4.79 Å².